The molecule has 0 aliphatic rings. The molecule has 1 aromatic carbocycles. The SMILES string of the molecule is CCOc1ccc2nc(SCCCNCC(C)C)[nH]c2c1. The van der Waals surface area contributed by atoms with Gasteiger partial charge >= 0.3 is 0 Å². The van der Waals surface area contributed by atoms with Crippen LogP contribution in [0.15, 0.2) is 23.4 Å². The molecule has 116 valence electrons. The lowest BCUT2D eigenvalue weighted by Crippen LogP contribution is -2.21. The van der Waals surface area contributed by atoms with E-state index in [-0.39, 0.29) is 0 Å². The third-order valence-electron chi connectivity index (χ3n) is 3.03. The predicted molar refractivity (Wildman–Crippen MR) is 90.3 cm³/mol. The summed E-state index contributed by atoms with van der Waals surface area (Å²) in [5, 5.41) is 4.45. The van der Waals surface area contributed by atoms with Crippen molar-refractivity contribution in [1.29, 1.82) is 0 Å². The molecule has 1 heterocycles. The van der Waals surface area contributed by atoms with E-state index in [0.29, 0.717) is 12.5 Å². The summed E-state index contributed by atoms with van der Waals surface area (Å²) < 4.78 is 5.51. The molecule has 0 unspecified atom stereocenters. The van der Waals surface area contributed by atoms with Crippen LogP contribution in [0.25, 0.3) is 11.0 Å². The van der Waals surface area contributed by atoms with Gasteiger partial charge in [0.1, 0.15) is 5.75 Å². The maximum Gasteiger partial charge on any atom is 0.166 e. The second-order valence-electron chi connectivity index (χ2n) is 5.45. The van der Waals surface area contributed by atoms with Crippen LogP contribution >= 0.6 is 11.8 Å². The van der Waals surface area contributed by atoms with Crippen molar-refractivity contribution in [2.45, 2.75) is 32.3 Å². The summed E-state index contributed by atoms with van der Waals surface area (Å²) in [4.78, 5) is 7.95. The second kappa shape index (κ2) is 8.29. The fourth-order valence-corrected chi connectivity index (χ4v) is 2.87. The molecule has 0 saturated carbocycles. The number of nitrogens with zero attached hydrogens (tertiary/aromatic N) is 1. The highest BCUT2D eigenvalue weighted by molar-refractivity contribution is 7.99. The third kappa shape index (κ3) is 5.25. The summed E-state index contributed by atoms with van der Waals surface area (Å²) in [5.41, 5.74) is 2.04. The van der Waals surface area contributed by atoms with Crippen molar-refractivity contribution in [1.82, 2.24) is 15.3 Å². The summed E-state index contributed by atoms with van der Waals surface area (Å²) in [6, 6.07) is 5.99. The number of hydrogen-bond acceptors (Lipinski definition) is 4. The Morgan fingerprint density at radius 3 is 3.00 bits per heavy atom. The molecule has 0 saturated heterocycles. The maximum absolute atomic E-state index is 5.51. The van der Waals surface area contributed by atoms with E-state index in [1.165, 1.54) is 0 Å². The van der Waals surface area contributed by atoms with Crippen LogP contribution < -0.4 is 10.1 Å². The minimum Gasteiger partial charge on any atom is -0.494 e. The molecule has 21 heavy (non-hydrogen) atoms. The molecule has 0 aliphatic carbocycles. The standard InChI is InChI=1S/C16H25N3OS/c1-4-20-13-6-7-14-15(10-13)19-16(18-14)21-9-5-8-17-11-12(2)3/h6-7,10,12,17H,4-5,8-9,11H2,1-3H3,(H,18,19). The highest BCUT2D eigenvalue weighted by Gasteiger charge is 2.04. The summed E-state index contributed by atoms with van der Waals surface area (Å²) in [6.45, 7) is 9.30. The number of aromatic amines is 1. The Bertz CT molecular complexity index is 553. The van der Waals surface area contributed by atoms with Crippen LogP contribution in [0, 0.1) is 5.92 Å². The number of ether oxygens (including phenoxy) is 1. The Morgan fingerprint density at radius 1 is 1.38 bits per heavy atom. The average Bonchev–Trinajstić information content (AvgIpc) is 2.84. The number of thioether (sulfide) groups is 1. The lowest BCUT2D eigenvalue weighted by Gasteiger charge is -2.06. The largest absolute Gasteiger partial charge is 0.494 e. The van der Waals surface area contributed by atoms with E-state index < -0.39 is 0 Å². The molecule has 4 nitrogen and oxygen atoms in total. The van der Waals surface area contributed by atoms with E-state index in [9.17, 15) is 0 Å². The first-order valence-electron chi connectivity index (χ1n) is 7.65. The number of H-pyrrole nitrogens is 1. The average molecular weight is 307 g/mol. The number of hydrogen-bond donors (Lipinski definition) is 2. The molecule has 0 fully saturated rings. The van der Waals surface area contributed by atoms with Gasteiger partial charge in [0, 0.05) is 11.8 Å². The Balaban J connectivity index is 1.80. The van der Waals surface area contributed by atoms with Crippen LogP contribution in [0.3, 0.4) is 0 Å². The van der Waals surface area contributed by atoms with Crippen molar-refractivity contribution in [3.8, 4) is 5.75 Å². The van der Waals surface area contributed by atoms with Gasteiger partial charge in [0.05, 0.1) is 17.6 Å². The van der Waals surface area contributed by atoms with Crippen LogP contribution in [0.4, 0.5) is 0 Å². The molecule has 5 heteroatoms. The summed E-state index contributed by atoms with van der Waals surface area (Å²) in [5.74, 6) is 2.68. The van der Waals surface area contributed by atoms with Crippen LogP contribution in [0.1, 0.15) is 27.2 Å². The van der Waals surface area contributed by atoms with Gasteiger partial charge in [-0.1, -0.05) is 25.6 Å². The Morgan fingerprint density at radius 2 is 2.24 bits per heavy atom. The lowest BCUT2D eigenvalue weighted by molar-refractivity contribution is 0.340. The second-order valence-corrected chi connectivity index (χ2v) is 6.54. The maximum atomic E-state index is 5.51. The first kappa shape index (κ1) is 16.2. The van der Waals surface area contributed by atoms with Gasteiger partial charge < -0.3 is 15.0 Å². The molecule has 0 atom stereocenters. The Kier molecular flexibility index (Phi) is 6.39. The zero-order valence-corrected chi connectivity index (χ0v) is 13.9. The molecule has 0 bridgehead atoms. The lowest BCUT2D eigenvalue weighted by atomic mass is 10.2. The van der Waals surface area contributed by atoms with Crippen molar-refractivity contribution < 1.29 is 4.74 Å². The van der Waals surface area contributed by atoms with E-state index in [0.717, 1.165) is 47.2 Å². The van der Waals surface area contributed by atoms with Crippen molar-refractivity contribution >= 4 is 22.8 Å². The smallest absolute Gasteiger partial charge is 0.166 e. The Labute approximate surface area is 131 Å². The third-order valence-corrected chi connectivity index (χ3v) is 3.99. The van der Waals surface area contributed by atoms with E-state index in [2.05, 4.69) is 29.1 Å². The number of aromatic nitrogens is 2. The molecular weight excluding hydrogens is 282 g/mol. The minimum absolute atomic E-state index is 0.685. The van der Waals surface area contributed by atoms with Gasteiger partial charge in [-0.15, -0.1) is 0 Å². The predicted octanol–water partition coefficient (Wildman–Crippen LogP) is 3.69. The van der Waals surface area contributed by atoms with Crippen molar-refractivity contribution in [3.63, 3.8) is 0 Å². The van der Waals surface area contributed by atoms with Crippen LogP contribution in [-0.4, -0.2) is 35.4 Å². The number of nitrogens with one attached hydrogen (secondary N) is 2. The molecule has 0 amide bonds. The van der Waals surface area contributed by atoms with Crippen molar-refractivity contribution in [3.05, 3.63) is 18.2 Å². The quantitative estimate of drug-likeness (QED) is 0.548. The van der Waals surface area contributed by atoms with E-state index in [1.807, 2.05) is 25.1 Å². The Hall–Kier alpha value is -1.20. The number of rotatable bonds is 9. The number of benzene rings is 1. The van der Waals surface area contributed by atoms with Crippen LogP contribution in [0.2, 0.25) is 0 Å². The summed E-state index contributed by atoms with van der Waals surface area (Å²) in [6.07, 6.45) is 1.15. The molecule has 0 aliphatic heterocycles. The zero-order valence-electron chi connectivity index (χ0n) is 13.1. The number of imidazole rings is 1. The fourth-order valence-electron chi connectivity index (χ4n) is 2.05. The molecular formula is C16H25N3OS. The topological polar surface area (TPSA) is 49.9 Å². The molecule has 0 spiro atoms. The van der Waals surface area contributed by atoms with Gasteiger partial charge in [-0.25, -0.2) is 4.98 Å². The van der Waals surface area contributed by atoms with E-state index in [4.69, 9.17) is 4.74 Å². The minimum atomic E-state index is 0.685. The first-order valence-corrected chi connectivity index (χ1v) is 8.63. The van der Waals surface area contributed by atoms with E-state index in [1.54, 1.807) is 11.8 Å². The number of fused-ring (bicyclic) bond motifs is 1. The monoisotopic (exact) mass is 307 g/mol. The van der Waals surface area contributed by atoms with Gasteiger partial charge in [-0.05, 0) is 44.5 Å². The van der Waals surface area contributed by atoms with Gasteiger partial charge in [0.2, 0.25) is 0 Å². The molecule has 2 rings (SSSR count). The summed E-state index contributed by atoms with van der Waals surface area (Å²) in [7, 11) is 0. The zero-order chi connectivity index (χ0) is 15.1. The normalized spacial score (nSPS) is 11.4. The molecule has 1 aromatic heterocycles. The highest BCUT2D eigenvalue weighted by Crippen LogP contribution is 2.23. The van der Waals surface area contributed by atoms with Crippen molar-refractivity contribution in [2.75, 3.05) is 25.4 Å². The molecule has 2 N–H and O–H groups in total. The highest BCUT2D eigenvalue weighted by atomic mass is 32.2. The molecule has 0 radical (unpaired) electrons. The van der Waals surface area contributed by atoms with Gasteiger partial charge in [-0.2, -0.15) is 0 Å². The van der Waals surface area contributed by atoms with Crippen LogP contribution in [0.5, 0.6) is 5.75 Å². The van der Waals surface area contributed by atoms with Crippen LogP contribution in [-0.2, 0) is 0 Å². The molecule has 2 aromatic rings. The first-order chi connectivity index (χ1) is 10.2. The van der Waals surface area contributed by atoms with Crippen molar-refractivity contribution in [2.24, 2.45) is 5.92 Å². The fraction of sp³-hybridized carbons (Fsp3) is 0.562. The summed E-state index contributed by atoms with van der Waals surface area (Å²) >= 11 is 1.78. The van der Waals surface area contributed by atoms with Gasteiger partial charge in [0.15, 0.2) is 5.16 Å². The van der Waals surface area contributed by atoms with Gasteiger partial charge in [-0.3, -0.25) is 0 Å². The van der Waals surface area contributed by atoms with Gasteiger partial charge in [0.25, 0.3) is 0 Å². The van der Waals surface area contributed by atoms with E-state index >= 15 is 0 Å².